The second-order valence-corrected chi connectivity index (χ2v) is 6.53. The third-order valence-corrected chi connectivity index (χ3v) is 4.35. The highest BCUT2D eigenvalue weighted by molar-refractivity contribution is 5.69. The van der Waals surface area contributed by atoms with Crippen molar-refractivity contribution in [3.8, 4) is 0 Å². The van der Waals surface area contributed by atoms with E-state index in [1.54, 1.807) is 0 Å². The third-order valence-electron chi connectivity index (χ3n) is 4.35. The van der Waals surface area contributed by atoms with Gasteiger partial charge in [-0.05, 0) is 31.1 Å². The number of hydrogen-bond acceptors (Lipinski definition) is 4. The highest BCUT2D eigenvalue weighted by Gasteiger charge is 2.23. The Bertz CT molecular complexity index is 388. The minimum absolute atomic E-state index is 0.198. The fourth-order valence-corrected chi connectivity index (χ4v) is 3.03. The average molecular weight is 385 g/mol. The SMILES string of the molecule is O=C(CCC1CCCC(CNC(=O)OCCC(F)F)C1)OCCC(F)F. The number of nitrogens with one attached hydrogen (secondary N) is 1. The number of carbonyl (C=O) groups is 2. The minimum Gasteiger partial charge on any atom is -0.465 e. The molecule has 1 aliphatic rings. The van der Waals surface area contributed by atoms with Gasteiger partial charge in [-0.1, -0.05) is 12.8 Å². The van der Waals surface area contributed by atoms with Crippen LogP contribution in [-0.4, -0.2) is 44.7 Å². The summed E-state index contributed by atoms with van der Waals surface area (Å²) in [5.74, 6) is 0.0906. The topological polar surface area (TPSA) is 64.6 Å². The zero-order valence-corrected chi connectivity index (χ0v) is 14.7. The van der Waals surface area contributed by atoms with Crippen molar-refractivity contribution in [3.05, 3.63) is 0 Å². The van der Waals surface area contributed by atoms with Crippen molar-refractivity contribution >= 4 is 12.1 Å². The van der Waals surface area contributed by atoms with Gasteiger partial charge in [0.25, 0.3) is 0 Å². The first-order valence-corrected chi connectivity index (χ1v) is 8.99. The Kier molecular flexibility index (Phi) is 11.0. The first-order valence-electron chi connectivity index (χ1n) is 8.99. The van der Waals surface area contributed by atoms with E-state index >= 15 is 0 Å². The van der Waals surface area contributed by atoms with E-state index in [-0.39, 0.29) is 25.6 Å². The second-order valence-electron chi connectivity index (χ2n) is 6.53. The number of hydrogen-bond donors (Lipinski definition) is 1. The van der Waals surface area contributed by atoms with Crippen LogP contribution in [0.1, 0.15) is 51.4 Å². The van der Waals surface area contributed by atoms with Crippen LogP contribution in [-0.2, 0) is 14.3 Å². The van der Waals surface area contributed by atoms with Crippen LogP contribution >= 0.6 is 0 Å². The lowest BCUT2D eigenvalue weighted by Crippen LogP contribution is -2.32. The maximum Gasteiger partial charge on any atom is 0.407 e. The lowest BCUT2D eigenvalue weighted by molar-refractivity contribution is -0.144. The number of esters is 1. The number of carbonyl (C=O) groups excluding carboxylic acids is 2. The molecule has 2 unspecified atom stereocenters. The molecule has 152 valence electrons. The molecule has 2 atom stereocenters. The molecule has 9 heteroatoms. The largest absolute Gasteiger partial charge is 0.465 e. The number of rotatable bonds is 11. The smallest absolute Gasteiger partial charge is 0.407 e. The summed E-state index contributed by atoms with van der Waals surface area (Å²) >= 11 is 0. The van der Waals surface area contributed by atoms with Gasteiger partial charge in [0, 0.05) is 25.8 Å². The molecule has 0 saturated heterocycles. The van der Waals surface area contributed by atoms with Crippen molar-refractivity contribution < 1.29 is 36.6 Å². The van der Waals surface area contributed by atoms with E-state index in [1.165, 1.54) is 0 Å². The number of ether oxygens (including phenoxy) is 2. The third kappa shape index (κ3) is 11.1. The van der Waals surface area contributed by atoms with Crippen molar-refractivity contribution in [3.63, 3.8) is 0 Å². The first-order chi connectivity index (χ1) is 12.4. The average Bonchev–Trinajstić information content (AvgIpc) is 2.58. The maximum absolute atomic E-state index is 12.0. The summed E-state index contributed by atoms with van der Waals surface area (Å²) in [5.41, 5.74) is 0. The minimum atomic E-state index is -2.50. The predicted molar refractivity (Wildman–Crippen MR) is 86.2 cm³/mol. The van der Waals surface area contributed by atoms with Gasteiger partial charge in [0.2, 0.25) is 12.9 Å². The summed E-state index contributed by atoms with van der Waals surface area (Å²) in [6.45, 7) is -0.172. The molecule has 0 heterocycles. The molecular formula is C17H27F4NO4. The maximum atomic E-state index is 12.0. The van der Waals surface area contributed by atoms with Crippen molar-refractivity contribution in [1.29, 1.82) is 0 Å². The van der Waals surface area contributed by atoms with Crippen LogP contribution in [0.4, 0.5) is 22.4 Å². The highest BCUT2D eigenvalue weighted by Crippen LogP contribution is 2.31. The molecule has 0 aromatic heterocycles. The van der Waals surface area contributed by atoms with Crippen LogP contribution in [0.5, 0.6) is 0 Å². The fraction of sp³-hybridized carbons (Fsp3) is 0.882. The zero-order valence-electron chi connectivity index (χ0n) is 14.7. The summed E-state index contributed by atoms with van der Waals surface area (Å²) in [6, 6.07) is 0. The van der Waals surface area contributed by atoms with E-state index in [0.29, 0.717) is 18.9 Å². The molecule has 1 aliphatic carbocycles. The normalized spacial score (nSPS) is 20.2. The molecule has 0 radical (unpaired) electrons. The molecule has 0 aliphatic heterocycles. The molecule has 0 aromatic carbocycles. The van der Waals surface area contributed by atoms with Gasteiger partial charge >= 0.3 is 12.1 Å². The molecule has 1 N–H and O–H groups in total. The van der Waals surface area contributed by atoms with Crippen molar-refractivity contribution in [2.24, 2.45) is 11.8 Å². The van der Waals surface area contributed by atoms with Gasteiger partial charge in [-0.25, -0.2) is 22.4 Å². The Morgan fingerprint density at radius 2 is 1.58 bits per heavy atom. The number of alkyl carbamates (subject to hydrolysis) is 1. The Morgan fingerprint density at radius 3 is 2.23 bits per heavy atom. The highest BCUT2D eigenvalue weighted by atomic mass is 19.3. The van der Waals surface area contributed by atoms with Crippen LogP contribution in [0.3, 0.4) is 0 Å². The monoisotopic (exact) mass is 385 g/mol. The number of alkyl halides is 4. The number of amides is 1. The molecule has 26 heavy (non-hydrogen) atoms. The van der Waals surface area contributed by atoms with E-state index in [0.717, 1.165) is 25.7 Å². The molecule has 1 rings (SSSR count). The van der Waals surface area contributed by atoms with Crippen LogP contribution in [0.15, 0.2) is 0 Å². The molecule has 0 spiro atoms. The summed E-state index contributed by atoms with van der Waals surface area (Å²) in [4.78, 5) is 22.9. The Labute approximate surface area is 150 Å². The lowest BCUT2D eigenvalue weighted by Gasteiger charge is -2.29. The summed E-state index contributed by atoms with van der Waals surface area (Å²) in [6.07, 6.45) is -2.06. The van der Waals surface area contributed by atoms with E-state index < -0.39 is 37.8 Å². The molecule has 0 bridgehead atoms. The van der Waals surface area contributed by atoms with E-state index in [1.807, 2.05) is 0 Å². The van der Waals surface area contributed by atoms with Gasteiger partial charge in [0.15, 0.2) is 0 Å². The van der Waals surface area contributed by atoms with Gasteiger partial charge in [-0.3, -0.25) is 4.79 Å². The van der Waals surface area contributed by atoms with Crippen LogP contribution < -0.4 is 5.32 Å². The Balaban J connectivity index is 2.15. The first kappa shape index (κ1) is 22.5. The summed E-state index contributed by atoms with van der Waals surface area (Å²) in [5, 5.41) is 2.58. The molecular weight excluding hydrogens is 358 g/mol. The molecule has 1 amide bonds. The quantitative estimate of drug-likeness (QED) is 0.429. The van der Waals surface area contributed by atoms with Gasteiger partial charge in [0.05, 0.1) is 13.2 Å². The number of halogens is 4. The second kappa shape index (κ2) is 12.8. The lowest BCUT2D eigenvalue weighted by atomic mass is 9.79. The molecule has 5 nitrogen and oxygen atoms in total. The Hall–Kier alpha value is -1.54. The van der Waals surface area contributed by atoms with Crippen LogP contribution in [0.2, 0.25) is 0 Å². The van der Waals surface area contributed by atoms with Gasteiger partial charge in [0.1, 0.15) is 0 Å². The van der Waals surface area contributed by atoms with Crippen molar-refractivity contribution in [2.75, 3.05) is 19.8 Å². The molecule has 0 aromatic rings. The predicted octanol–water partition coefficient (Wildman–Crippen LogP) is 4.15. The van der Waals surface area contributed by atoms with Crippen LogP contribution in [0, 0.1) is 11.8 Å². The molecule has 1 fully saturated rings. The summed E-state index contributed by atoms with van der Waals surface area (Å²) in [7, 11) is 0. The van der Waals surface area contributed by atoms with Crippen molar-refractivity contribution in [1.82, 2.24) is 5.32 Å². The molecule has 1 saturated carbocycles. The zero-order chi connectivity index (χ0) is 19.4. The van der Waals surface area contributed by atoms with Gasteiger partial charge in [-0.2, -0.15) is 0 Å². The fourth-order valence-electron chi connectivity index (χ4n) is 3.03. The van der Waals surface area contributed by atoms with E-state index in [4.69, 9.17) is 4.74 Å². The van der Waals surface area contributed by atoms with Crippen LogP contribution in [0.25, 0.3) is 0 Å². The standard InChI is InChI=1S/C17H27F4NO4/c18-14(19)6-8-25-16(23)5-4-12-2-1-3-13(10-12)11-22-17(24)26-9-7-15(20)21/h12-15H,1-11H2,(H,22,24). The van der Waals surface area contributed by atoms with Gasteiger partial charge < -0.3 is 14.8 Å². The van der Waals surface area contributed by atoms with E-state index in [2.05, 4.69) is 10.1 Å². The summed E-state index contributed by atoms with van der Waals surface area (Å²) < 4.78 is 57.3. The van der Waals surface area contributed by atoms with Crippen molar-refractivity contribution in [2.45, 2.75) is 64.2 Å². The Morgan fingerprint density at radius 1 is 0.962 bits per heavy atom. The van der Waals surface area contributed by atoms with E-state index in [9.17, 15) is 27.2 Å². The van der Waals surface area contributed by atoms with Gasteiger partial charge in [-0.15, -0.1) is 0 Å².